The third-order valence-corrected chi connectivity index (χ3v) is 2.30. The highest BCUT2D eigenvalue weighted by Gasteiger charge is 2.27. The monoisotopic (exact) mass is 200 g/mol. The van der Waals surface area contributed by atoms with E-state index in [1.165, 1.54) is 0 Å². The predicted molar refractivity (Wildman–Crippen MR) is 54.8 cm³/mol. The van der Waals surface area contributed by atoms with Gasteiger partial charge in [0, 0.05) is 19.7 Å². The molecular formula is C10H20N2O2. The minimum absolute atomic E-state index is 0.0677. The van der Waals surface area contributed by atoms with E-state index in [-0.39, 0.29) is 11.9 Å². The van der Waals surface area contributed by atoms with Gasteiger partial charge in [-0.2, -0.15) is 0 Å². The second-order valence-corrected chi connectivity index (χ2v) is 4.19. The summed E-state index contributed by atoms with van der Waals surface area (Å²) in [6, 6.07) is -0.278. The van der Waals surface area contributed by atoms with Crippen molar-refractivity contribution in [3.63, 3.8) is 0 Å². The Morgan fingerprint density at radius 2 is 2.36 bits per heavy atom. The molecule has 0 aromatic rings. The molecule has 1 saturated heterocycles. The molecule has 1 heterocycles. The number of carbonyl (C=O) groups is 1. The van der Waals surface area contributed by atoms with Gasteiger partial charge in [0.2, 0.25) is 5.91 Å². The van der Waals surface area contributed by atoms with Gasteiger partial charge in [0.25, 0.3) is 0 Å². The van der Waals surface area contributed by atoms with Crippen LogP contribution >= 0.6 is 0 Å². The number of carbonyl (C=O) groups excluding carboxylic acids is 1. The van der Waals surface area contributed by atoms with E-state index in [2.05, 4.69) is 13.8 Å². The summed E-state index contributed by atoms with van der Waals surface area (Å²) in [4.78, 5) is 13.2. The maximum Gasteiger partial charge on any atom is 0.239 e. The van der Waals surface area contributed by atoms with Gasteiger partial charge in [-0.25, -0.2) is 0 Å². The topological polar surface area (TPSA) is 55.6 Å². The first-order chi connectivity index (χ1) is 6.61. The third kappa shape index (κ3) is 3.27. The number of nitrogens with zero attached hydrogens (tertiary/aromatic N) is 1. The van der Waals surface area contributed by atoms with Crippen LogP contribution in [0.5, 0.6) is 0 Å². The van der Waals surface area contributed by atoms with Gasteiger partial charge in [-0.3, -0.25) is 4.79 Å². The molecule has 0 radical (unpaired) electrons. The lowest BCUT2D eigenvalue weighted by Gasteiger charge is -2.16. The van der Waals surface area contributed by atoms with Crippen molar-refractivity contribution in [2.24, 2.45) is 11.7 Å². The molecule has 4 heteroatoms. The lowest BCUT2D eigenvalue weighted by molar-refractivity contribution is -0.129. The Hall–Kier alpha value is -0.610. The summed E-state index contributed by atoms with van der Waals surface area (Å²) in [6.07, 6.45) is 0.781. The van der Waals surface area contributed by atoms with E-state index in [0.29, 0.717) is 19.1 Å². The molecule has 1 aliphatic heterocycles. The fourth-order valence-corrected chi connectivity index (χ4v) is 1.48. The van der Waals surface area contributed by atoms with Crippen LogP contribution in [0.15, 0.2) is 0 Å². The molecule has 0 spiro atoms. The van der Waals surface area contributed by atoms with Gasteiger partial charge in [-0.1, -0.05) is 13.8 Å². The van der Waals surface area contributed by atoms with Crippen LogP contribution in [0.25, 0.3) is 0 Å². The largest absolute Gasteiger partial charge is 0.379 e. The highest BCUT2D eigenvalue weighted by Crippen LogP contribution is 2.08. The first-order valence-electron chi connectivity index (χ1n) is 5.23. The fraction of sp³-hybridized carbons (Fsp3) is 0.900. The van der Waals surface area contributed by atoms with E-state index in [1.54, 1.807) is 4.90 Å². The fourth-order valence-electron chi connectivity index (χ4n) is 1.48. The lowest BCUT2D eigenvalue weighted by Crippen LogP contribution is -2.36. The van der Waals surface area contributed by atoms with Crippen molar-refractivity contribution >= 4 is 5.91 Å². The molecule has 1 fully saturated rings. The van der Waals surface area contributed by atoms with E-state index < -0.39 is 0 Å². The molecule has 14 heavy (non-hydrogen) atoms. The van der Waals surface area contributed by atoms with Gasteiger partial charge >= 0.3 is 0 Å². The Bertz CT molecular complexity index is 195. The molecule has 0 aliphatic carbocycles. The van der Waals surface area contributed by atoms with Crippen molar-refractivity contribution in [3.05, 3.63) is 0 Å². The van der Waals surface area contributed by atoms with Crippen LogP contribution in [0.2, 0.25) is 0 Å². The van der Waals surface area contributed by atoms with Gasteiger partial charge in [0.1, 0.15) is 0 Å². The van der Waals surface area contributed by atoms with Gasteiger partial charge in [0.05, 0.1) is 12.6 Å². The second-order valence-electron chi connectivity index (χ2n) is 4.19. The van der Waals surface area contributed by atoms with Crippen molar-refractivity contribution in [1.82, 2.24) is 4.90 Å². The van der Waals surface area contributed by atoms with Crippen LogP contribution in [0, 0.1) is 5.92 Å². The maximum absolute atomic E-state index is 11.4. The molecule has 82 valence electrons. The minimum Gasteiger partial charge on any atom is -0.379 e. The van der Waals surface area contributed by atoms with Gasteiger partial charge < -0.3 is 15.4 Å². The zero-order chi connectivity index (χ0) is 10.6. The summed E-state index contributed by atoms with van der Waals surface area (Å²) in [5.74, 6) is 0.615. The Kier molecular flexibility index (Phi) is 4.35. The first kappa shape index (κ1) is 11.5. The van der Waals surface area contributed by atoms with E-state index in [9.17, 15) is 4.79 Å². The highest BCUT2D eigenvalue weighted by atomic mass is 16.5. The van der Waals surface area contributed by atoms with Crippen LogP contribution in [-0.4, -0.2) is 43.2 Å². The lowest BCUT2D eigenvalue weighted by atomic mass is 10.2. The van der Waals surface area contributed by atoms with Crippen LogP contribution in [0.4, 0.5) is 0 Å². The van der Waals surface area contributed by atoms with Crippen molar-refractivity contribution < 1.29 is 9.53 Å². The number of hydrogen-bond acceptors (Lipinski definition) is 3. The third-order valence-electron chi connectivity index (χ3n) is 2.30. The molecule has 1 amide bonds. The van der Waals surface area contributed by atoms with Gasteiger partial charge in [-0.15, -0.1) is 0 Å². The number of amides is 1. The second kappa shape index (κ2) is 5.32. The van der Waals surface area contributed by atoms with Gasteiger partial charge in [-0.05, 0) is 12.3 Å². The SMILES string of the molecule is CC(C)COCCN1CCC(N)C1=O. The van der Waals surface area contributed by atoms with Crippen molar-refractivity contribution in [2.75, 3.05) is 26.3 Å². The predicted octanol–water partition coefficient (Wildman–Crippen LogP) is 0.219. The molecule has 0 saturated carbocycles. The van der Waals surface area contributed by atoms with Crippen molar-refractivity contribution in [3.8, 4) is 0 Å². The van der Waals surface area contributed by atoms with E-state index in [4.69, 9.17) is 10.5 Å². The van der Waals surface area contributed by atoms with E-state index in [0.717, 1.165) is 19.6 Å². The number of likely N-dealkylation sites (tertiary alicyclic amines) is 1. The molecule has 4 nitrogen and oxygen atoms in total. The summed E-state index contributed by atoms with van der Waals surface area (Å²) in [5, 5.41) is 0. The average molecular weight is 200 g/mol. The summed E-state index contributed by atoms with van der Waals surface area (Å²) in [5.41, 5.74) is 5.59. The molecule has 1 rings (SSSR count). The first-order valence-corrected chi connectivity index (χ1v) is 5.23. The zero-order valence-corrected chi connectivity index (χ0v) is 9.03. The van der Waals surface area contributed by atoms with Crippen molar-refractivity contribution in [1.29, 1.82) is 0 Å². The molecule has 0 bridgehead atoms. The van der Waals surface area contributed by atoms with E-state index >= 15 is 0 Å². The number of ether oxygens (including phenoxy) is 1. The summed E-state index contributed by atoms with van der Waals surface area (Å²) in [7, 11) is 0. The van der Waals surface area contributed by atoms with Crippen LogP contribution < -0.4 is 5.73 Å². The van der Waals surface area contributed by atoms with Crippen LogP contribution in [-0.2, 0) is 9.53 Å². The molecule has 0 aromatic carbocycles. The summed E-state index contributed by atoms with van der Waals surface area (Å²) in [6.45, 7) is 7.06. The van der Waals surface area contributed by atoms with Crippen molar-refractivity contribution in [2.45, 2.75) is 26.3 Å². The number of nitrogens with two attached hydrogens (primary N) is 1. The van der Waals surface area contributed by atoms with Crippen LogP contribution in [0.3, 0.4) is 0 Å². The van der Waals surface area contributed by atoms with Crippen LogP contribution in [0.1, 0.15) is 20.3 Å². The molecule has 2 N–H and O–H groups in total. The number of rotatable bonds is 5. The Morgan fingerprint density at radius 3 is 2.86 bits per heavy atom. The Labute approximate surface area is 85.4 Å². The normalized spacial score (nSPS) is 22.4. The quantitative estimate of drug-likeness (QED) is 0.646. The summed E-state index contributed by atoms with van der Waals surface area (Å²) < 4.78 is 5.41. The van der Waals surface area contributed by atoms with Gasteiger partial charge in [0.15, 0.2) is 0 Å². The molecule has 0 aromatic heterocycles. The standard InChI is InChI=1S/C10H20N2O2/c1-8(2)7-14-6-5-12-4-3-9(11)10(12)13/h8-9H,3-7,11H2,1-2H3. The average Bonchev–Trinajstić information content (AvgIpc) is 2.43. The molecule has 1 atom stereocenters. The minimum atomic E-state index is -0.278. The molecule has 1 unspecified atom stereocenters. The Balaban J connectivity index is 2.10. The molecular weight excluding hydrogens is 180 g/mol. The summed E-state index contributed by atoms with van der Waals surface area (Å²) >= 11 is 0. The van der Waals surface area contributed by atoms with E-state index in [1.807, 2.05) is 0 Å². The zero-order valence-electron chi connectivity index (χ0n) is 9.03. The molecule has 1 aliphatic rings. The highest BCUT2D eigenvalue weighted by molar-refractivity contribution is 5.83. The number of hydrogen-bond donors (Lipinski definition) is 1. The Morgan fingerprint density at radius 1 is 1.64 bits per heavy atom. The smallest absolute Gasteiger partial charge is 0.239 e. The maximum atomic E-state index is 11.4.